The Morgan fingerprint density at radius 3 is 1.25 bits per heavy atom. The summed E-state index contributed by atoms with van der Waals surface area (Å²) in [6.07, 6.45) is -0.857. The van der Waals surface area contributed by atoms with E-state index in [2.05, 4.69) is 14.1 Å². The highest BCUT2D eigenvalue weighted by atomic mass is 35.5. The van der Waals surface area contributed by atoms with Gasteiger partial charge in [0.25, 0.3) is 0 Å². The monoisotopic (exact) mass is 370 g/mol. The second-order valence-electron chi connectivity index (χ2n) is 6.11. The van der Waals surface area contributed by atoms with Crippen LogP contribution in [0.5, 0.6) is 0 Å². The van der Waals surface area contributed by atoms with E-state index in [4.69, 9.17) is 23.2 Å². The van der Waals surface area contributed by atoms with Crippen LogP contribution in [0.25, 0.3) is 0 Å². The van der Waals surface area contributed by atoms with Gasteiger partial charge in [0.2, 0.25) is 0 Å². The van der Waals surface area contributed by atoms with E-state index in [9.17, 15) is 10.2 Å². The van der Waals surface area contributed by atoms with Crippen LogP contribution in [0.4, 0.5) is 0 Å². The Kier molecular flexibility index (Phi) is 11.5. The zero-order chi connectivity index (χ0) is 13.8. The van der Waals surface area contributed by atoms with E-state index in [1.54, 1.807) is 0 Å². The zero-order valence-corrected chi connectivity index (χ0v) is 15.1. The summed E-state index contributed by atoms with van der Waals surface area (Å²) in [6, 6.07) is 0. The number of aliphatic hydroxyl groups is 2. The highest BCUT2D eigenvalue weighted by Crippen LogP contribution is 2.17. The van der Waals surface area contributed by atoms with Crippen molar-refractivity contribution in [2.75, 3.05) is 65.1 Å². The highest BCUT2D eigenvalue weighted by Gasteiger charge is 2.38. The van der Waals surface area contributed by atoms with Gasteiger partial charge in [-0.2, -0.15) is 0 Å². The Labute approximate surface area is 144 Å². The average Bonchev–Trinajstić information content (AvgIpc) is 2.33. The van der Waals surface area contributed by atoms with Crippen LogP contribution in [0.15, 0.2) is 0 Å². The van der Waals surface area contributed by atoms with Crippen LogP contribution in [0, 0.1) is 0 Å². The molecule has 0 saturated carbocycles. The van der Waals surface area contributed by atoms with E-state index in [-0.39, 0.29) is 24.8 Å². The summed E-state index contributed by atoms with van der Waals surface area (Å²) in [6.45, 7) is 5.42. The summed E-state index contributed by atoms with van der Waals surface area (Å²) in [4.78, 5) is 0. The molecule has 1 heterocycles. The number of likely N-dealkylation sites (N-methyl/N-ethyl adjacent to an activating group) is 2. The van der Waals surface area contributed by atoms with Gasteiger partial charge in [-0.05, 0) is 0 Å². The third-order valence-electron chi connectivity index (χ3n) is 4.02. The smallest absolute Gasteiger partial charge is 0.129 e. The number of rotatable bonds is 6. The van der Waals surface area contributed by atoms with Gasteiger partial charge in [0.1, 0.15) is 51.5 Å². The van der Waals surface area contributed by atoms with Gasteiger partial charge in [-0.15, -0.1) is 23.2 Å². The normalized spacial score (nSPS) is 32.7. The van der Waals surface area contributed by atoms with Crippen molar-refractivity contribution in [1.29, 1.82) is 0 Å². The number of piperazine rings is 1. The second-order valence-corrected chi connectivity index (χ2v) is 6.73. The molecule has 0 aliphatic carbocycles. The van der Waals surface area contributed by atoms with Crippen molar-refractivity contribution in [2.24, 2.45) is 0 Å². The lowest BCUT2D eigenvalue weighted by molar-refractivity contribution is -1.02. The summed E-state index contributed by atoms with van der Waals surface area (Å²) in [7, 11) is 4.33. The number of alkyl halides is 2. The van der Waals surface area contributed by atoms with Crippen molar-refractivity contribution in [2.45, 2.75) is 12.2 Å². The van der Waals surface area contributed by atoms with Crippen molar-refractivity contribution in [1.82, 2.24) is 0 Å². The van der Waals surface area contributed by atoms with E-state index in [1.165, 1.54) is 0 Å². The molecule has 2 N–H and O–H groups in total. The van der Waals surface area contributed by atoms with E-state index in [1.807, 2.05) is 0 Å². The van der Waals surface area contributed by atoms with E-state index in [0.717, 1.165) is 35.1 Å². The Morgan fingerprint density at radius 1 is 0.800 bits per heavy atom. The molecule has 1 aliphatic heterocycles. The van der Waals surface area contributed by atoms with Gasteiger partial charge in [0.05, 0.1) is 25.9 Å². The molecule has 0 aromatic heterocycles. The molecule has 0 aromatic carbocycles. The quantitative estimate of drug-likeness (QED) is 0.360. The Hall–Kier alpha value is 1.00. The maximum Gasteiger partial charge on any atom is 0.129 e. The first-order valence-electron chi connectivity index (χ1n) is 6.48. The van der Waals surface area contributed by atoms with Crippen LogP contribution < -0.4 is 24.8 Å². The summed E-state index contributed by atoms with van der Waals surface area (Å²) in [5.41, 5.74) is 0. The highest BCUT2D eigenvalue weighted by molar-refractivity contribution is 6.18. The maximum absolute atomic E-state index is 9.68. The van der Waals surface area contributed by atoms with Crippen LogP contribution in [0.1, 0.15) is 0 Å². The van der Waals surface area contributed by atoms with Crippen LogP contribution in [0.3, 0.4) is 0 Å². The van der Waals surface area contributed by atoms with Crippen molar-refractivity contribution < 1.29 is 44.0 Å². The molecule has 20 heavy (non-hydrogen) atoms. The first kappa shape index (κ1) is 23.3. The first-order valence-corrected chi connectivity index (χ1v) is 7.54. The minimum absolute atomic E-state index is 0. The van der Waals surface area contributed by atoms with Gasteiger partial charge in [-0.25, -0.2) is 0 Å². The molecular weight excluding hydrogens is 346 g/mol. The number of aliphatic hydroxyl groups excluding tert-OH is 2. The number of nitrogens with zero attached hydrogens (tertiary/aromatic N) is 2. The summed E-state index contributed by atoms with van der Waals surface area (Å²) in [5.74, 6) is 0.593. The molecule has 1 saturated heterocycles. The molecule has 4 nitrogen and oxygen atoms in total. The summed E-state index contributed by atoms with van der Waals surface area (Å²) < 4.78 is 1.72. The molecule has 1 rings (SSSR count). The first-order chi connectivity index (χ1) is 8.32. The van der Waals surface area contributed by atoms with Gasteiger partial charge < -0.3 is 44.0 Å². The van der Waals surface area contributed by atoms with Crippen LogP contribution in [-0.4, -0.2) is 96.5 Å². The Balaban J connectivity index is 0. The van der Waals surface area contributed by atoms with Crippen LogP contribution in [0.2, 0.25) is 0 Å². The number of halogens is 4. The van der Waals surface area contributed by atoms with Gasteiger partial charge in [0.15, 0.2) is 0 Å². The van der Waals surface area contributed by atoms with Crippen molar-refractivity contribution >= 4 is 23.2 Å². The molecule has 124 valence electrons. The van der Waals surface area contributed by atoms with E-state index < -0.39 is 12.2 Å². The van der Waals surface area contributed by atoms with E-state index >= 15 is 0 Å². The van der Waals surface area contributed by atoms with Crippen molar-refractivity contribution in [3.63, 3.8) is 0 Å². The van der Waals surface area contributed by atoms with Gasteiger partial charge in [0, 0.05) is 0 Å². The minimum Gasteiger partial charge on any atom is -1.00 e. The Morgan fingerprint density at radius 2 is 1.05 bits per heavy atom. The average molecular weight is 372 g/mol. The maximum atomic E-state index is 9.68. The molecule has 1 fully saturated rings. The number of hydrogen-bond acceptors (Lipinski definition) is 2. The molecule has 2 unspecified atom stereocenters. The number of hydrogen-bond donors (Lipinski definition) is 2. The Bertz CT molecular complexity index is 238. The topological polar surface area (TPSA) is 40.5 Å². The molecule has 0 aromatic rings. The third kappa shape index (κ3) is 7.32. The lowest BCUT2D eigenvalue weighted by Gasteiger charge is -2.47. The lowest BCUT2D eigenvalue weighted by atomic mass is 10.1. The second kappa shape index (κ2) is 9.90. The zero-order valence-electron chi connectivity index (χ0n) is 12.1. The van der Waals surface area contributed by atoms with E-state index in [0.29, 0.717) is 24.8 Å². The molecule has 0 bridgehead atoms. The molecular formula is C12H26Cl4N2O2. The lowest BCUT2D eigenvalue weighted by Crippen LogP contribution is -3.00. The molecule has 0 radical (unpaired) electrons. The summed E-state index contributed by atoms with van der Waals surface area (Å²) in [5, 5.41) is 19.4. The van der Waals surface area contributed by atoms with Crippen LogP contribution in [-0.2, 0) is 0 Å². The third-order valence-corrected chi connectivity index (χ3v) is 4.73. The largest absolute Gasteiger partial charge is 1.00 e. The molecule has 0 amide bonds. The van der Waals surface area contributed by atoms with Gasteiger partial charge >= 0.3 is 0 Å². The molecule has 0 spiro atoms. The standard InChI is InChI=1S/C12H26Cl2N2O2.2ClH/c1-15(9-11(17)7-13)3-5-16(2,6-4-15)10-12(18)8-14;;/h11-12,17-18H,3-10H2,1-2H3;2*1H/q+2;;/p-2. The van der Waals surface area contributed by atoms with Crippen molar-refractivity contribution in [3.8, 4) is 0 Å². The molecule has 2 atom stereocenters. The summed E-state index contributed by atoms with van der Waals surface area (Å²) >= 11 is 11.3. The fourth-order valence-corrected chi connectivity index (χ4v) is 2.86. The van der Waals surface area contributed by atoms with Crippen molar-refractivity contribution in [3.05, 3.63) is 0 Å². The number of quaternary nitrogens is 2. The fourth-order valence-electron chi connectivity index (χ4n) is 2.67. The van der Waals surface area contributed by atoms with Gasteiger partial charge in [-0.1, -0.05) is 0 Å². The van der Waals surface area contributed by atoms with Crippen LogP contribution >= 0.6 is 23.2 Å². The molecule has 1 aliphatic rings. The molecule has 8 heteroatoms. The predicted molar refractivity (Wildman–Crippen MR) is 75.0 cm³/mol. The van der Waals surface area contributed by atoms with Gasteiger partial charge in [-0.3, -0.25) is 0 Å². The predicted octanol–water partition coefficient (Wildman–Crippen LogP) is -5.90. The minimum atomic E-state index is -0.429. The SMILES string of the molecule is C[N+]1(CC(O)CCl)CC[N+](C)(CC(O)CCl)CC1.[Cl-].[Cl-]. The fraction of sp³-hybridized carbons (Fsp3) is 1.00.